The average molecular weight is 252 g/mol. The number of rotatable bonds is 4. The van der Waals surface area contributed by atoms with Crippen LogP contribution in [0.3, 0.4) is 0 Å². The molecule has 0 amide bonds. The predicted molar refractivity (Wildman–Crippen MR) is 63.8 cm³/mol. The molecule has 5 nitrogen and oxygen atoms in total. The van der Waals surface area contributed by atoms with Crippen LogP contribution in [0.4, 0.5) is 0 Å². The van der Waals surface area contributed by atoms with Crippen molar-refractivity contribution in [1.82, 2.24) is 0 Å². The fourth-order valence-electron chi connectivity index (χ4n) is 1.59. The molecule has 1 heterocycles. The summed E-state index contributed by atoms with van der Waals surface area (Å²) in [5, 5.41) is 18.5. The maximum Gasteiger partial charge on any atom is 0.312 e. The third-order valence-corrected chi connectivity index (χ3v) is 2.92. The smallest absolute Gasteiger partial charge is 0.312 e. The number of carboxylic acids is 1. The molecule has 0 saturated carbocycles. The zero-order valence-electron chi connectivity index (χ0n) is 10.3. The van der Waals surface area contributed by atoms with Crippen molar-refractivity contribution in [3.8, 4) is 11.5 Å². The first-order valence-electron chi connectivity index (χ1n) is 5.71. The molecule has 0 spiro atoms. The van der Waals surface area contributed by atoms with Crippen LogP contribution in [0.15, 0.2) is 18.2 Å². The number of hydrogen-bond acceptors (Lipinski definition) is 4. The fourth-order valence-corrected chi connectivity index (χ4v) is 1.59. The van der Waals surface area contributed by atoms with Crippen molar-refractivity contribution < 1.29 is 24.5 Å². The molecule has 18 heavy (non-hydrogen) atoms. The number of hydrogen-bond donors (Lipinski definition) is 2. The van der Waals surface area contributed by atoms with Crippen molar-refractivity contribution in [1.29, 1.82) is 0 Å². The lowest BCUT2D eigenvalue weighted by Gasteiger charge is -2.19. The summed E-state index contributed by atoms with van der Waals surface area (Å²) in [6.07, 6.45) is -0.593. The van der Waals surface area contributed by atoms with Gasteiger partial charge in [-0.1, -0.05) is 0 Å². The van der Waals surface area contributed by atoms with Gasteiger partial charge in [0.15, 0.2) is 0 Å². The van der Waals surface area contributed by atoms with Crippen molar-refractivity contribution in [2.24, 2.45) is 5.41 Å². The van der Waals surface area contributed by atoms with Gasteiger partial charge in [0.1, 0.15) is 30.8 Å². The zero-order valence-corrected chi connectivity index (χ0v) is 10.3. The molecule has 5 heteroatoms. The topological polar surface area (TPSA) is 76.0 Å². The molecular weight excluding hydrogens is 236 g/mol. The van der Waals surface area contributed by atoms with Crippen molar-refractivity contribution in [2.75, 3.05) is 13.2 Å². The number of aliphatic hydroxyl groups is 1. The second kappa shape index (κ2) is 4.49. The summed E-state index contributed by atoms with van der Waals surface area (Å²) in [4.78, 5) is 10.9. The molecule has 0 radical (unpaired) electrons. The Balaban J connectivity index is 2.06. The normalized spacial score (nSPS) is 18.1. The monoisotopic (exact) mass is 252 g/mol. The summed E-state index contributed by atoms with van der Waals surface area (Å²) in [6.45, 7) is 3.52. The number of aliphatic hydroxyl groups excluding tert-OH is 1. The van der Waals surface area contributed by atoms with E-state index in [9.17, 15) is 9.90 Å². The molecule has 0 bridgehead atoms. The van der Waals surface area contributed by atoms with Crippen LogP contribution in [0.1, 0.15) is 25.5 Å². The van der Waals surface area contributed by atoms with Gasteiger partial charge in [-0.15, -0.1) is 0 Å². The van der Waals surface area contributed by atoms with E-state index >= 15 is 0 Å². The van der Waals surface area contributed by atoms with E-state index in [0.29, 0.717) is 11.5 Å². The molecule has 0 fully saturated rings. The Bertz CT molecular complexity index is 466. The Labute approximate surface area is 105 Å². The number of aliphatic carboxylic acids is 1. The summed E-state index contributed by atoms with van der Waals surface area (Å²) >= 11 is 0. The zero-order chi connectivity index (χ0) is 13.3. The summed E-state index contributed by atoms with van der Waals surface area (Å²) < 4.78 is 10.7. The first-order valence-corrected chi connectivity index (χ1v) is 5.71. The highest BCUT2D eigenvalue weighted by Crippen LogP contribution is 2.35. The first-order chi connectivity index (χ1) is 8.40. The van der Waals surface area contributed by atoms with Crippen molar-refractivity contribution >= 4 is 5.97 Å². The lowest BCUT2D eigenvalue weighted by atomic mass is 9.95. The Morgan fingerprint density at radius 1 is 1.56 bits per heavy atom. The molecule has 0 aliphatic carbocycles. The van der Waals surface area contributed by atoms with Gasteiger partial charge in [0.2, 0.25) is 0 Å². The van der Waals surface area contributed by atoms with Crippen LogP contribution in [-0.4, -0.2) is 29.4 Å². The van der Waals surface area contributed by atoms with E-state index in [0.717, 1.165) is 5.56 Å². The molecule has 0 aromatic heterocycles. The van der Waals surface area contributed by atoms with Gasteiger partial charge in [0, 0.05) is 11.6 Å². The maximum absolute atomic E-state index is 10.9. The molecule has 1 aromatic carbocycles. The highest BCUT2D eigenvalue weighted by Gasteiger charge is 2.28. The summed E-state index contributed by atoms with van der Waals surface area (Å²) in [6, 6.07) is 5.11. The largest absolute Gasteiger partial charge is 0.492 e. The molecule has 2 N–H and O–H groups in total. The first kappa shape index (κ1) is 12.7. The molecule has 0 saturated heterocycles. The number of carbonyl (C=O) groups is 1. The van der Waals surface area contributed by atoms with Crippen LogP contribution in [-0.2, 0) is 4.79 Å². The number of ether oxygens (including phenoxy) is 2. The second-order valence-electron chi connectivity index (χ2n) is 5.00. The highest BCUT2D eigenvalue weighted by atomic mass is 16.5. The third-order valence-electron chi connectivity index (χ3n) is 2.92. The van der Waals surface area contributed by atoms with E-state index in [2.05, 4.69) is 0 Å². The Kier molecular flexibility index (Phi) is 3.17. The van der Waals surface area contributed by atoms with Crippen LogP contribution >= 0.6 is 0 Å². The van der Waals surface area contributed by atoms with Gasteiger partial charge in [-0.2, -0.15) is 0 Å². The average Bonchev–Trinajstić information content (AvgIpc) is 2.68. The lowest BCUT2D eigenvalue weighted by molar-refractivity contribution is -0.148. The number of fused-ring (bicyclic) bond motifs is 1. The SMILES string of the molecule is CC(C)(COc1ccc2c(c1)OCC2O)C(=O)O. The molecule has 1 unspecified atom stereocenters. The van der Waals surface area contributed by atoms with Gasteiger partial charge in [0.25, 0.3) is 0 Å². The molecule has 1 aliphatic rings. The highest BCUT2D eigenvalue weighted by molar-refractivity contribution is 5.73. The van der Waals surface area contributed by atoms with Gasteiger partial charge < -0.3 is 19.7 Å². The number of benzene rings is 1. The van der Waals surface area contributed by atoms with Crippen LogP contribution in [0, 0.1) is 5.41 Å². The lowest BCUT2D eigenvalue weighted by Crippen LogP contribution is -2.30. The van der Waals surface area contributed by atoms with E-state index in [1.165, 1.54) is 0 Å². The molecular formula is C13H16O5. The summed E-state index contributed by atoms with van der Waals surface area (Å²) in [5.41, 5.74) is -0.209. The van der Waals surface area contributed by atoms with E-state index in [1.54, 1.807) is 32.0 Å². The van der Waals surface area contributed by atoms with Gasteiger partial charge in [-0.25, -0.2) is 0 Å². The minimum absolute atomic E-state index is 0.0731. The van der Waals surface area contributed by atoms with Gasteiger partial charge in [-0.05, 0) is 26.0 Å². The molecule has 98 valence electrons. The van der Waals surface area contributed by atoms with Crippen molar-refractivity contribution in [3.05, 3.63) is 23.8 Å². The Morgan fingerprint density at radius 2 is 2.28 bits per heavy atom. The second-order valence-corrected chi connectivity index (χ2v) is 5.00. The Morgan fingerprint density at radius 3 is 2.94 bits per heavy atom. The standard InChI is InChI=1S/C13H16O5/c1-13(2,12(15)16)7-18-8-3-4-9-10(14)6-17-11(9)5-8/h3-5,10,14H,6-7H2,1-2H3,(H,15,16). The van der Waals surface area contributed by atoms with Crippen LogP contribution in [0.2, 0.25) is 0 Å². The van der Waals surface area contributed by atoms with Crippen LogP contribution in [0.25, 0.3) is 0 Å². The maximum atomic E-state index is 10.9. The van der Waals surface area contributed by atoms with Gasteiger partial charge in [0.05, 0.1) is 5.41 Å². The quantitative estimate of drug-likeness (QED) is 0.851. The molecule has 2 rings (SSSR count). The van der Waals surface area contributed by atoms with Crippen LogP contribution in [0.5, 0.6) is 11.5 Å². The minimum Gasteiger partial charge on any atom is -0.492 e. The van der Waals surface area contributed by atoms with E-state index in [4.69, 9.17) is 14.6 Å². The molecule has 1 aliphatic heterocycles. The summed E-state index contributed by atoms with van der Waals surface area (Å²) in [5.74, 6) is 0.223. The Hall–Kier alpha value is -1.75. The minimum atomic E-state index is -0.945. The van der Waals surface area contributed by atoms with E-state index in [1.807, 2.05) is 0 Å². The predicted octanol–water partition coefficient (Wildman–Crippen LogP) is 1.60. The number of carboxylic acid groups (broad SMARTS) is 1. The van der Waals surface area contributed by atoms with Crippen LogP contribution < -0.4 is 9.47 Å². The summed E-state index contributed by atoms with van der Waals surface area (Å²) in [7, 11) is 0. The van der Waals surface area contributed by atoms with Gasteiger partial charge >= 0.3 is 5.97 Å². The third kappa shape index (κ3) is 2.41. The van der Waals surface area contributed by atoms with E-state index in [-0.39, 0.29) is 13.2 Å². The van der Waals surface area contributed by atoms with Crippen molar-refractivity contribution in [3.63, 3.8) is 0 Å². The van der Waals surface area contributed by atoms with Crippen molar-refractivity contribution in [2.45, 2.75) is 20.0 Å². The fraction of sp³-hybridized carbons (Fsp3) is 0.462. The molecule has 1 atom stereocenters. The van der Waals surface area contributed by atoms with E-state index < -0.39 is 17.5 Å². The van der Waals surface area contributed by atoms with Gasteiger partial charge in [-0.3, -0.25) is 4.79 Å². The molecule has 1 aromatic rings.